The highest BCUT2D eigenvalue weighted by atomic mass is 17.2. The van der Waals surface area contributed by atoms with Crippen molar-refractivity contribution in [3.63, 3.8) is 0 Å². The topological polar surface area (TPSA) is 42.3 Å². The van der Waals surface area contributed by atoms with Crippen molar-refractivity contribution >= 4 is 5.90 Å². The second-order valence-corrected chi connectivity index (χ2v) is 3.23. The summed E-state index contributed by atoms with van der Waals surface area (Å²) in [5.74, 6) is 1.32. The van der Waals surface area contributed by atoms with E-state index in [1.54, 1.807) is 0 Å². The van der Waals surface area contributed by atoms with E-state index < -0.39 is 0 Å². The molecule has 0 aromatic rings. The molecule has 13 heavy (non-hydrogen) atoms. The average molecular weight is 187 g/mol. The molecule has 1 aliphatic rings. The zero-order valence-corrected chi connectivity index (χ0v) is 9.09. The third-order valence-corrected chi connectivity index (χ3v) is 2.24. The maximum absolute atomic E-state index is 7.43. The summed E-state index contributed by atoms with van der Waals surface area (Å²) in [6.07, 6.45) is 3.35. The Hall–Kier alpha value is -0.570. The Kier molecular flexibility index (Phi) is 6.59. The van der Waals surface area contributed by atoms with Crippen LogP contribution in [0.2, 0.25) is 0 Å². The molecule has 0 heterocycles. The predicted molar refractivity (Wildman–Crippen MR) is 53.7 cm³/mol. The van der Waals surface area contributed by atoms with Gasteiger partial charge < -0.3 is 4.89 Å². The van der Waals surface area contributed by atoms with Gasteiger partial charge in [-0.3, -0.25) is 5.41 Å². The molecule has 3 nitrogen and oxygen atoms in total. The molecule has 1 fully saturated rings. The maximum atomic E-state index is 7.43. The van der Waals surface area contributed by atoms with E-state index in [0.717, 1.165) is 18.8 Å². The summed E-state index contributed by atoms with van der Waals surface area (Å²) in [4.78, 5) is 9.08. The summed E-state index contributed by atoms with van der Waals surface area (Å²) in [5.41, 5.74) is 0. The van der Waals surface area contributed by atoms with Crippen LogP contribution in [0.4, 0.5) is 0 Å². The summed E-state index contributed by atoms with van der Waals surface area (Å²) in [7, 11) is 1.44. The van der Waals surface area contributed by atoms with Gasteiger partial charge in [-0.25, -0.2) is 0 Å². The molecule has 1 N–H and O–H groups in total. The van der Waals surface area contributed by atoms with Gasteiger partial charge in [-0.15, -0.1) is 0 Å². The smallest absolute Gasteiger partial charge is 0.228 e. The number of hydrogen-bond acceptors (Lipinski definition) is 3. The second kappa shape index (κ2) is 6.89. The minimum Gasteiger partial charge on any atom is -0.322 e. The molecule has 1 aliphatic carbocycles. The van der Waals surface area contributed by atoms with Gasteiger partial charge in [0.2, 0.25) is 5.90 Å². The number of hydrogen-bond donors (Lipinski definition) is 1. The monoisotopic (exact) mass is 187 g/mol. The van der Waals surface area contributed by atoms with Crippen molar-refractivity contribution in [3.05, 3.63) is 0 Å². The van der Waals surface area contributed by atoms with Crippen molar-refractivity contribution in [1.82, 2.24) is 0 Å². The third-order valence-electron chi connectivity index (χ3n) is 2.24. The molecule has 0 amide bonds. The van der Waals surface area contributed by atoms with Gasteiger partial charge in [0.05, 0.1) is 7.11 Å². The lowest BCUT2D eigenvalue weighted by Gasteiger charge is -2.08. The molecule has 0 saturated heterocycles. The fourth-order valence-electron chi connectivity index (χ4n) is 1.60. The average Bonchev–Trinajstić information content (AvgIpc) is 2.56. The molecule has 0 aliphatic heterocycles. The number of rotatable bonds is 2. The lowest BCUT2D eigenvalue weighted by molar-refractivity contribution is -0.199. The van der Waals surface area contributed by atoms with Crippen LogP contribution in [0.15, 0.2) is 0 Å². The molecule has 0 radical (unpaired) electrons. The van der Waals surface area contributed by atoms with Crippen LogP contribution < -0.4 is 0 Å². The lowest BCUT2D eigenvalue weighted by Crippen LogP contribution is -2.13. The SMILES string of the molecule is CC.COOC(=N)[C@@H]1CC[C@H](C)C1. The molecule has 78 valence electrons. The van der Waals surface area contributed by atoms with E-state index >= 15 is 0 Å². The van der Waals surface area contributed by atoms with Crippen LogP contribution in [0.1, 0.15) is 40.0 Å². The first kappa shape index (κ1) is 12.4. The van der Waals surface area contributed by atoms with Crippen LogP contribution in [0.5, 0.6) is 0 Å². The van der Waals surface area contributed by atoms with Gasteiger partial charge in [0.15, 0.2) is 0 Å². The summed E-state index contributed by atoms with van der Waals surface area (Å²) in [6.45, 7) is 6.21. The third kappa shape index (κ3) is 4.27. The Morgan fingerprint density at radius 2 is 1.92 bits per heavy atom. The van der Waals surface area contributed by atoms with Gasteiger partial charge in [0, 0.05) is 5.92 Å². The lowest BCUT2D eigenvalue weighted by atomic mass is 10.1. The Morgan fingerprint density at radius 3 is 2.31 bits per heavy atom. The van der Waals surface area contributed by atoms with E-state index in [9.17, 15) is 0 Å². The Bertz CT molecular complexity index is 148. The predicted octanol–water partition coefficient (Wildman–Crippen LogP) is 3.00. The molecular weight excluding hydrogens is 166 g/mol. The van der Waals surface area contributed by atoms with Gasteiger partial charge in [0.25, 0.3) is 0 Å². The van der Waals surface area contributed by atoms with Gasteiger partial charge in [-0.05, 0) is 25.2 Å². The van der Waals surface area contributed by atoms with Crippen molar-refractivity contribution in [3.8, 4) is 0 Å². The van der Waals surface area contributed by atoms with E-state index in [-0.39, 0.29) is 5.90 Å². The minimum atomic E-state index is 0.289. The van der Waals surface area contributed by atoms with Crippen molar-refractivity contribution in [1.29, 1.82) is 5.41 Å². The second-order valence-electron chi connectivity index (χ2n) is 3.23. The first-order chi connectivity index (χ1) is 6.24. The van der Waals surface area contributed by atoms with Crippen LogP contribution in [0, 0.1) is 17.2 Å². The summed E-state index contributed by atoms with van der Waals surface area (Å²) >= 11 is 0. The van der Waals surface area contributed by atoms with Gasteiger partial charge in [0.1, 0.15) is 0 Å². The zero-order chi connectivity index (χ0) is 10.3. The van der Waals surface area contributed by atoms with Gasteiger partial charge in [-0.1, -0.05) is 20.8 Å². The Labute approximate surface area is 80.9 Å². The van der Waals surface area contributed by atoms with E-state index in [1.165, 1.54) is 13.5 Å². The molecule has 0 bridgehead atoms. The van der Waals surface area contributed by atoms with E-state index in [2.05, 4.69) is 16.7 Å². The standard InChI is InChI=1S/C8H15NO2.C2H6/c1-6-3-4-7(5-6)8(9)11-10-2;1-2/h6-7,9H,3-5H2,1-2H3;1-2H3/t6-,7+;/m0./s1. The van der Waals surface area contributed by atoms with Crippen molar-refractivity contribution in [2.45, 2.75) is 40.0 Å². The molecular formula is C10H21NO2. The fourth-order valence-corrected chi connectivity index (χ4v) is 1.60. The van der Waals surface area contributed by atoms with Gasteiger partial charge >= 0.3 is 0 Å². The zero-order valence-electron chi connectivity index (χ0n) is 9.09. The van der Waals surface area contributed by atoms with E-state index in [4.69, 9.17) is 5.41 Å². The van der Waals surface area contributed by atoms with E-state index in [0.29, 0.717) is 5.92 Å². The Balaban J connectivity index is 0.000000671. The fraction of sp³-hybridized carbons (Fsp3) is 0.900. The Morgan fingerprint density at radius 1 is 1.31 bits per heavy atom. The van der Waals surface area contributed by atoms with Crippen LogP contribution >= 0.6 is 0 Å². The van der Waals surface area contributed by atoms with E-state index in [1.807, 2.05) is 13.8 Å². The summed E-state index contributed by atoms with van der Waals surface area (Å²) in [5, 5.41) is 7.43. The van der Waals surface area contributed by atoms with Crippen LogP contribution in [-0.4, -0.2) is 13.0 Å². The summed E-state index contributed by atoms with van der Waals surface area (Å²) < 4.78 is 0. The molecule has 0 spiro atoms. The quantitative estimate of drug-likeness (QED) is 0.312. The molecule has 0 aromatic heterocycles. The summed E-state index contributed by atoms with van der Waals surface area (Å²) in [6, 6.07) is 0. The van der Waals surface area contributed by atoms with Crippen molar-refractivity contribution in [2.75, 3.05) is 7.11 Å². The normalized spacial score (nSPS) is 26.2. The molecule has 1 saturated carbocycles. The molecule has 1 rings (SSSR count). The highest BCUT2D eigenvalue weighted by molar-refractivity contribution is 5.75. The minimum absolute atomic E-state index is 0.289. The molecule has 2 atom stereocenters. The molecule has 0 unspecified atom stereocenters. The first-order valence-electron chi connectivity index (χ1n) is 5.03. The highest BCUT2D eigenvalue weighted by Crippen LogP contribution is 2.31. The van der Waals surface area contributed by atoms with Crippen LogP contribution in [0.3, 0.4) is 0 Å². The first-order valence-corrected chi connectivity index (χ1v) is 5.03. The number of nitrogens with one attached hydrogen (secondary N) is 1. The van der Waals surface area contributed by atoms with Crippen LogP contribution in [0.25, 0.3) is 0 Å². The molecule has 0 aromatic carbocycles. The highest BCUT2D eigenvalue weighted by Gasteiger charge is 2.26. The maximum Gasteiger partial charge on any atom is 0.228 e. The molecule has 3 heteroatoms. The van der Waals surface area contributed by atoms with Gasteiger partial charge in [-0.2, -0.15) is 4.89 Å². The van der Waals surface area contributed by atoms with Crippen molar-refractivity contribution < 1.29 is 9.78 Å². The largest absolute Gasteiger partial charge is 0.322 e. The van der Waals surface area contributed by atoms with Crippen molar-refractivity contribution in [2.24, 2.45) is 11.8 Å². The van der Waals surface area contributed by atoms with Crippen LogP contribution in [-0.2, 0) is 9.78 Å².